The fourth-order valence-corrected chi connectivity index (χ4v) is 3.66. The number of aliphatic hydroxyl groups excluding tert-OH is 1. The number of carbonyl (C=O) groups excluding carboxylic acids is 1. The Balaban J connectivity index is 1.56. The van der Waals surface area contributed by atoms with E-state index in [0.717, 1.165) is 32.2 Å². The summed E-state index contributed by atoms with van der Waals surface area (Å²) in [6.45, 7) is 2.09. The molecule has 0 aromatic carbocycles. The molecule has 1 aromatic rings. The number of rotatable bonds is 4. The van der Waals surface area contributed by atoms with Gasteiger partial charge in [0.15, 0.2) is 11.6 Å². The first kappa shape index (κ1) is 17.0. The monoisotopic (exact) mass is 336 g/mol. The molecule has 0 spiro atoms. The lowest BCUT2D eigenvalue weighted by atomic mass is 10.00. The third kappa shape index (κ3) is 3.77. The van der Waals surface area contributed by atoms with Crippen molar-refractivity contribution in [2.75, 3.05) is 31.1 Å². The number of anilines is 1. The quantitative estimate of drug-likeness (QED) is 0.879. The van der Waals surface area contributed by atoms with E-state index < -0.39 is 0 Å². The van der Waals surface area contributed by atoms with Gasteiger partial charge in [-0.2, -0.15) is 0 Å². The van der Waals surface area contributed by atoms with Crippen LogP contribution in [-0.4, -0.2) is 59.3 Å². The van der Waals surface area contributed by atoms with E-state index in [0.29, 0.717) is 25.3 Å². The van der Waals surface area contributed by atoms with E-state index in [4.69, 9.17) is 0 Å². The van der Waals surface area contributed by atoms with E-state index in [1.54, 1.807) is 12.3 Å². The molecule has 2 atom stereocenters. The summed E-state index contributed by atoms with van der Waals surface area (Å²) < 4.78 is 13.8. The second-order valence-corrected chi connectivity index (χ2v) is 6.55. The number of nitrogens with one attached hydrogen (secondary N) is 1. The highest BCUT2D eigenvalue weighted by atomic mass is 19.1. The highest BCUT2D eigenvalue weighted by Crippen LogP contribution is 2.22. The average molecular weight is 336 g/mol. The topological polar surface area (TPSA) is 68.7 Å². The minimum Gasteiger partial charge on any atom is -0.396 e. The van der Waals surface area contributed by atoms with Gasteiger partial charge in [-0.1, -0.05) is 0 Å². The van der Waals surface area contributed by atoms with Crippen molar-refractivity contribution in [1.82, 2.24) is 15.2 Å². The number of nitrogens with zero attached hydrogens (tertiary/aromatic N) is 3. The van der Waals surface area contributed by atoms with Crippen molar-refractivity contribution in [2.24, 2.45) is 0 Å². The van der Waals surface area contributed by atoms with Gasteiger partial charge < -0.3 is 20.2 Å². The standard InChI is InChI=1S/C17H25FN4O2/c18-15-5-3-8-19-16(15)21-10-6-13(12-21)20-17(24)22-9-2-1-4-14(22)7-11-23/h3,5,8,13-14,23H,1-2,4,6-7,9-12H2,(H,20,24). The number of piperidine rings is 1. The van der Waals surface area contributed by atoms with E-state index in [9.17, 15) is 14.3 Å². The first-order valence-electron chi connectivity index (χ1n) is 8.72. The zero-order valence-electron chi connectivity index (χ0n) is 13.8. The minimum absolute atomic E-state index is 0.00407. The maximum Gasteiger partial charge on any atom is 0.317 e. The van der Waals surface area contributed by atoms with Gasteiger partial charge in [-0.05, 0) is 44.2 Å². The van der Waals surface area contributed by atoms with Crippen LogP contribution in [0, 0.1) is 5.82 Å². The number of urea groups is 1. The molecule has 24 heavy (non-hydrogen) atoms. The van der Waals surface area contributed by atoms with E-state index in [1.807, 2.05) is 9.80 Å². The highest BCUT2D eigenvalue weighted by Gasteiger charge is 2.31. The first-order valence-corrected chi connectivity index (χ1v) is 8.72. The van der Waals surface area contributed by atoms with Gasteiger partial charge in [0.1, 0.15) is 0 Å². The van der Waals surface area contributed by atoms with Crippen LogP contribution < -0.4 is 10.2 Å². The number of aliphatic hydroxyl groups is 1. The Hall–Kier alpha value is -1.89. The largest absolute Gasteiger partial charge is 0.396 e. The van der Waals surface area contributed by atoms with Crippen molar-refractivity contribution in [3.05, 3.63) is 24.1 Å². The van der Waals surface area contributed by atoms with E-state index in [1.165, 1.54) is 6.07 Å². The van der Waals surface area contributed by atoms with Gasteiger partial charge in [0.2, 0.25) is 0 Å². The summed E-state index contributed by atoms with van der Waals surface area (Å²) in [7, 11) is 0. The molecule has 0 saturated carbocycles. The van der Waals surface area contributed by atoms with Crippen LogP contribution in [-0.2, 0) is 0 Å². The van der Waals surface area contributed by atoms with Crippen molar-refractivity contribution in [3.63, 3.8) is 0 Å². The number of pyridine rings is 1. The summed E-state index contributed by atoms with van der Waals surface area (Å²) in [5.41, 5.74) is 0. The molecule has 7 heteroatoms. The molecule has 6 nitrogen and oxygen atoms in total. The Bertz CT molecular complexity index is 569. The second-order valence-electron chi connectivity index (χ2n) is 6.55. The summed E-state index contributed by atoms with van der Waals surface area (Å²) >= 11 is 0. The molecule has 2 aliphatic heterocycles. The molecule has 0 radical (unpaired) electrons. The van der Waals surface area contributed by atoms with Crippen molar-refractivity contribution in [2.45, 2.75) is 44.2 Å². The Kier molecular flexibility index (Phi) is 5.50. The van der Waals surface area contributed by atoms with Gasteiger partial charge in [-0.3, -0.25) is 0 Å². The van der Waals surface area contributed by atoms with E-state index >= 15 is 0 Å². The van der Waals surface area contributed by atoms with Gasteiger partial charge >= 0.3 is 6.03 Å². The molecule has 0 aliphatic carbocycles. The maximum absolute atomic E-state index is 13.8. The van der Waals surface area contributed by atoms with Gasteiger partial charge in [-0.15, -0.1) is 0 Å². The zero-order valence-corrected chi connectivity index (χ0v) is 13.8. The van der Waals surface area contributed by atoms with Crippen LogP contribution in [0.4, 0.5) is 15.0 Å². The lowest BCUT2D eigenvalue weighted by Crippen LogP contribution is -2.52. The predicted octanol–water partition coefficient (Wildman–Crippen LogP) is 1.75. The number of carbonyl (C=O) groups is 1. The molecule has 2 N–H and O–H groups in total. The Morgan fingerprint density at radius 2 is 2.25 bits per heavy atom. The maximum atomic E-state index is 13.8. The molecule has 2 amide bonds. The van der Waals surface area contributed by atoms with Crippen LogP contribution in [0.3, 0.4) is 0 Å². The number of likely N-dealkylation sites (tertiary alicyclic amines) is 1. The molecule has 3 rings (SSSR count). The second kappa shape index (κ2) is 7.79. The molecule has 0 bridgehead atoms. The number of halogens is 1. The summed E-state index contributed by atoms with van der Waals surface area (Å²) in [6, 6.07) is 3.03. The molecule has 2 aliphatic rings. The van der Waals surface area contributed by atoms with Gasteiger partial charge in [0.25, 0.3) is 0 Å². The molecule has 132 valence electrons. The van der Waals surface area contributed by atoms with Crippen LogP contribution in [0.15, 0.2) is 18.3 Å². The van der Waals surface area contributed by atoms with Crippen molar-refractivity contribution >= 4 is 11.8 Å². The summed E-state index contributed by atoms with van der Waals surface area (Å²) in [6.07, 6.45) is 6.04. The normalized spacial score (nSPS) is 24.2. The fourth-order valence-electron chi connectivity index (χ4n) is 3.66. The highest BCUT2D eigenvalue weighted by molar-refractivity contribution is 5.75. The van der Waals surface area contributed by atoms with Crippen molar-refractivity contribution in [1.29, 1.82) is 0 Å². The Labute approximate surface area is 141 Å². The van der Waals surface area contributed by atoms with Crippen molar-refractivity contribution in [3.8, 4) is 0 Å². The summed E-state index contributed by atoms with van der Waals surface area (Å²) in [5, 5.41) is 12.3. The third-order valence-corrected chi connectivity index (χ3v) is 4.90. The predicted molar refractivity (Wildman–Crippen MR) is 89.4 cm³/mol. The number of hydrogen-bond donors (Lipinski definition) is 2. The lowest BCUT2D eigenvalue weighted by Gasteiger charge is -2.36. The van der Waals surface area contributed by atoms with Gasteiger partial charge in [0, 0.05) is 44.5 Å². The number of hydrogen-bond acceptors (Lipinski definition) is 4. The molecular weight excluding hydrogens is 311 g/mol. The fraction of sp³-hybridized carbons (Fsp3) is 0.647. The van der Waals surface area contributed by atoms with Crippen molar-refractivity contribution < 1.29 is 14.3 Å². The smallest absolute Gasteiger partial charge is 0.317 e. The number of amides is 2. The van der Waals surface area contributed by atoms with Crippen LogP contribution in [0.25, 0.3) is 0 Å². The molecule has 3 heterocycles. The zero-order chi connectivity index (χ0) is 16.9. The average Bonchev–Trinajstić information content (AvgIpc) is 3.04. The van der Waals surface area contributed by atoms with Gasteiger partial charge in [0.05, 0.1) is 0 Å². The summed E-state index contributed by atoms with van der Waals surface area (Å²) in [5.74, 6) is 0.0221. The number of aromatic nitrogens is 1. The lowest BCUT2D eigenvalue weighted by molar-refractivity contribution is 0.130. The summed E-state index contributed by atoms with van der Waals surface area (Å²) in [4.78, 5) is 20.4. The van der Waals surface area contributed by atoms with Gasteiger partial charge in [-0.25, -0.2) is 14.2 Å². The SMILES string of the molecule is O=C(NC1CCN(c2ncccc2F)C1)N1CCCCC1CCO. The third-order valence-electron chi connectivity index (χ3n) is 4.90. The Morgan fingerprint density at radius 1 is 1.38 bits per heavy atom. The molecule has 2 saturated heterocycles. The first-order chi connectivity index (χ1) is 11.7. The Morgan fingerprint density at radius 3 is 3.04 bits per heavy atom. The molecule has 2 unspecified atom stereocenters. The molecular formula is C17H25FN4O2. The van der Waals surface area contributed by atoms with Crippen LogP contribution in [0.2, 0.25) is 0 Å². The van der Waals surface area contributed by atoms with Crippen LogP contribution >= 0.6 is 0 Å². The molecule has 2 fully saturated rings. The van der Waals surface area contributed by atoms with Crippen LogP contribution in [0.1, 0.15) is 32.1 Å². The van der Waals surface area contributed by atoms with E-state index in [2.05, 4.69) is 10.3 Å². The minimum atomic E-state index is -0.330. The van der Waals surface area contributed by atoms with E-state index in [-0.39, 0.29) is 30.5 Å². The van der Waals surface area contributed by atoms with Crippen LogP contribution in [0.5, 0.6) is 0 Å². The molecule has 1 aromatic heterocycles.